The number of nitrogens with zero attached hydrogens (tertiary/aromatic N) is 3. The smallest absolute Gasteiger partial charge is 0.319 e. The summed E-state index contributed by atoms with van der Waals surface area (Å²) in [6, 6.07) is 10.5. The Labute approximate surface area is 240 Å². The summed E-state index contributed by atoms with van der Waals surface area (Å²) in [4.78, 5) is 44.9. The number of fused-ring (bicyclic) bond motifs is 1. The van der Waals surface area contributed by atoms with Gasteiger partial charge in [-0.25, -0.2) is 18.2 Å². The predicted octanol–water partition coefficient (Wildman–Crippen LogP) is 2.72. The van der Waals surface area contributed by atoms with E-state index in [1.165, 1.54) is 73.8 Å². The van der Waals surface area contributed by atoms with Crippen molar-refractivity contribution in [3.05, 3.63) is 70.9 Å². The first-order valence-electron chi connectivity index (χ1n) is 12.4. The topological polar surface area (TPSA) is 144 Å². The number of halogens is 1. The minimum Gasteiger partial charge on any atom is -0.497 e. The molecule has 0 radical (unpaired) electrons. The molecule has 5 rings (SSSR count). The van der Waals surface area contributed by atoms with Crippen molar-refractivity contribution in [1.29, 1.82) is 0 Å². The molecule has 2 aliphatic rings. The third kappa shape index (κ3) is 4.50. The lowest BCUT2D eigenvalue weighted by Crippen LogP contribution is -2.61. The second-order valence-electron chi connectivity index (χ2n) is 9.12. The van der Waals surface area contributed by atoms with E-state index in [2.05, 4.69) is 10.3 Å². The van der Waals surface area contributed by atoms with Crippen LogP contribution in [0.5, 0.6) is 17.4 Å². The summed E-state index contributed by atoms with van der Waals surface area (Å²) < 4.78 is 45.4. The molecule has 3 aromatic rings. The number of aromatic nitrogens is 1. The number of rotatable bonds is 8. The highest BCUT2D eigenvalue weighted by Crippen LogP contribution is 2.50. The second kappa shape index (κ2) is 10.6. The SMILES string of the molecule is CCOc1ncccc1[C@]1(NC(=O)N2CC(=O)C2)C(=O)N(S(=O)(=O)c2ccc(OC)cc2OC)c2ccc(Cl)cc21. The Balaban J connectivity index is 1.77. The molecule has 3 amide bonds. The number of Topliss-reactive ketones (excluding diaryl/α,β-unsaturated/α-hetero) is 1. The lowest BCUT2D eigenvalue weighted by molar-refractivity contribution is -0.126. The lowest BCUT2D eigenvalue weighted by Gasteiger charge is -2.36. The fraction of sp³-hybridized carbons (Fsp3) is 0.259. The second-order valence-corrected chi connectivity index (χ2v) is 11.3. The molecule has 0 unspecified atom stereocenters. The molecule has 1 atom stereocenters. The van der Waals surface area contributed by atoms with Gasteiger partial charge in [0.2, 0.25) is 5.88 Å². The van der Waals surface area contributed by atoms with Crippen LogP contribution < -0.4 is 23.8 Å². The van der Waals surface area contributed by atoms with Gasteiger partial charge in [0.1, 0.15) is 16.4 Å². The molecule has 0 aliphatic carbocycles. The van der Waals surface area contributed by atoms with Crippen molar-refractivity contribution in [1.82, 2.24) is 15.2 Å². The van der Waals surface area contributed by atoms with E-state index in [1.807, 2.05) is 0 Å². The molecule has 1 aromatic heterocycles. The molecule has 1 fully saturated rings. The number of ether oxygens (including phenoxy) is 3. The lowest BCUT2D eigenvalue weighted by atomic mass is 9.84. The van der Waals surface area contributed by atoms with Gasteiger partial charge in [0.15, 0.2) is 11.3 Å². The van der Waals surface area contributed by atoms with Gasteiger partial charge < -0.3 is 24.4 Å². The Bertz CT molecular complexity index is 1670. The Morgan fingerprint density at radius 1 is 1.07 bits per heavy atom. The molecule has 214 valence electrons. The van der Waals surface area contributed by atoms with Crippen molar-refractivity contribution in [3.8, 4) is 17.4 Å². The van der Waals surface area contributed by atoms with Gasteiger partial charge >= 0.3 is 6.03 Å². The fourth-order valence-electron chi connectivity index (χ4n) is 4.83. The number of carbonyl (C=O) groups is 3. The monoisotopic (exact) mass is 600 g/mol. The molecule has 41 heavy (non-hydrogen) atoms. The average Bonchev–Trinajstić information content (AvgIpc) is 3.19. The first-order chi connectivity index (χ1) is 19.6. The highest BCUT2D eigenvalue weighted by molar-refractivity contribution is 7.93. The van der Waals surface area contributed by atoms with E-state index in [1.54, 1.807) is 6.92 Å². The van der Waals surface area contributed by atoms with Crippen molar-refractivity contribution in [2.45, 2.75) is 17.4 Å². The van der Waals surface area contributed by atoms with Gasteiger partial charge in [-0.3, -0.25) is 9.59 Å². The first-order valence-corrected chi connectivity index (χ1v) is 14.2. The maximum atomic E-state index is 14.7. The molecule has 0 bridgehead atoms. The van der Waals surface area contributed by atoms with Gasteiger partial charge in [-0.1, -0.05) is 11.6 Å². The van der Waals surface area contributed by atoms with E-state index in [4.69, 9.17) is 25.8 Å². The van der Waals surface area contributed by atoms with Gasteiger partial charge in [0.25, 0.3) is 15.9 Å². The van der Waals surface area contributed by atoms with Crippen LogP contribution in [0.15, 0.2) is 59.6 Å². The summed E-state index contributed by atoms with van der Waals surface area (Å²) in [5, 5.41) is 2.89. The summed E-state index contributed by atoms with van der Waals surface area (Å²) in [7, 11) is -1.96. The Kier molecular flexibility index (Phi) is 7.26. The number of hydrogen-bond donors (Lipinski definition) is 1. The van der Waals surface area contributed by atoms with Crippen molar-refractivity contribution >= 4 is 45.0 Å². The quantitative estimate of drug-likeness (QED) is 0.412. The van der Waals surface area contributed by atoms with Gasteiger partial charge in [0, 0.05) is 22.8 Å². The highest BCUT2D eigenvalue weighted by atomic mass is 35.5. The molecular weight excluding hydrogens is 576 g/mol. The standard InChI is InChI=1S/C27H25ClN4O8S/c1-4-40-24-19(6-5-11-29-24)27(30-26(35)31-14-17(33)15-31)20-12-16(28)7-9-21(20)32(25(27)34)41(36,37)23-10-8-18(38-2)13-22(23)39-3/h5-13H,4,14-15H2,1-3H3,(H,30,35)/t27-/m1/s1. The van der Waals surface area contributed by atoms with Crippen LogP contribution in [0, 0.1) is 0 Å². The van der Waals surface area contributed by atoms with Gasteiger partial charge in [-0.2, -0.15) is 4.31 Å². The predicted molar refractivity (Wildman–Crippen MR) is 147 cm³/mol. The molecule has 1 saturated heterocycles. The fourth-order valence-corrected chi connectivity index (χ4v) is 6.61. The minimum atomic E-state index is -4.66. The van der Waals surface area contributed by atoms with Crippen molar-refractivity contribution in [2.24, 2.45) is 0 Å². The summed E-state index contributed by atoms with van der Waals surface area (Å²) in [6.45, 7) is 1.56. The van der Waals surface area contributed by atoms with E-state index < -0.39 is 27.5 Å². The van der Waals surface area contributed by atoms with Gasteiger partial charge in [0.05, 0.1) is 45.2 Å². The Morgan fingerprint density at radius 3 is 2.49 bits per heavy atom. The number of likely N-dealkylation sites (tertiary alicyclic amines) is 1. The number of amides is 3. The van der Waals surface area contributed by atoms with E-state index in [-0.39, 0.29) is 63.8 Å². The molecule has 0 saturated carbocycles. The van der Waals surface area contributed by atoms with Crippen molar-refractivity contribution in [2.75, 3.05) is 38.2 Å². The van der Waals surface area contributed by atoms with Crippen LogP contribution in [0.25, 0.3) is 0 Å². The number of urea groups is 1. The third-order valence-electron chi connectivity index (χ3n) is 6.75. The molecule has 12 nitrogen and oxygen atoms in total. The van der Waals surface area contributed by atoms with Crippen LogP contribution in [0.2, 0.25) is 5.02 Å². The molecular formula is C27H25ClN4O8S. The number of methoxy groups -OCH3 is 2. The number of pyridine rings is 1. The zero-order valence-electron chi connectivity index (χ0n) is 22.2. The zero-order chi connectivity index (χ0) is 29.5. The summed E-state index contributed by atoms with van der Waals surface area (Å²) >= 11 is 6.38. The first kappa shape index (κ1) is 28.2. The maximum Gasteiger partial charge on any atom is 0.319 e. The van der Waals surface area contributed by atoms with Crippen LogP contribution in [0.4, 0.5) is 10.5 Å². The van der Waals surface area contributed by atoms with Crippen LogP contribution in [-0.4, -0.2) is 69.9 Å². The maximum absolute atomic E-state index is 14.7. The highest BCUT2D eigenvalue weighted by Gasteiger charge is 2.59. The van der Waals surface area contributed by atoms with Gasteiger partial charge in [-0.05, 0) is 49.4 Å². The number of carbonyl (C=O) groups excluding carboxylic acids is 3. The van der Waals surface area contributed by atoms with Crippen LogP contribution in [0.3, 0.4) is 0 Å². The van der Waals surface area contributed by atoms with Crippen molar-refractivity contribution in [3.63, 3.8) is 0 Å². The minimum absolute atomic E-state index is 0.00413. The third-order valence-corrected chi connectivity index (χ3v) is 8.72. The van der Waals surface area contributed by atoms with Gasteiger partial charge in [-0.15, -0.1) is 0 Å². The van der Waals surface area contributed by atoms with Crippen LogP contribution in [-0.2, 0) is 25.2 Å². The summed E-state index contributed by atoms with van der Waals surface area (Å²) in [6.07, 6.45) is 1.44. The molecule has 2 aromatic carbocycles. The molecule has 2 aliphatic heterocycles. The normalized spacial score (nSPS) is 18.0. The van der Waals surface area contributed by atoms with E-state index in [0.29, 0.717) is 10.1 Å². The van der Waals surface area contributed by atoms with E-state index in [0.717, 1.165) is 0 Å². The number of hydrogen-bond acceptors (Lipinski definition) is 9. The Hall–Kier alpha value is -4.36. The molecule has 14 heteroatoms. The molecule has 1 N–H and O–H groups in total. The van der Waals surface area contributed by atoms with E-state index in [9.17, 15) is 22.8 Å². The average molecular weight is 601 g/mol. The number of ketones is 1. The van der Waals surface area contributed by atoms with Crippen molar-refractivity contribution < 1.29 is 37.0 Å². The number of benzene rings is 2. The zero-order valence-corrected chi connectivity index (χ0v) is 23.8. The van der Waals surface area contributed by atoms with Crippen LogP contribution in [0.1, 0.15) is 18.1 Å². The van der Waals surface area contributed by atoms with E-state index >= 15 is 0 Å². The number of anilines is 1. The molecule has 0 spiro atoms. The Morgan fingerprint density at radius 2 is 1.83 bits per heavy atom. The number of sulfonamides is 1. The molecule has 3 heterocycles. The summed E-state index contributed by atoms with van der Waals surface area (Å²) in [5.41, 5.74) is -2.06. The number of nitrogens with one attached hydrogen (secondary N) is 1. The van der Waals surface area contributed by atoms with Crippen LogP contribution >= 0.6 is 11.6 Å². The summed E-state index contributed by atoms with van der Waals surface area (Å²) in [5.74, 6) is -0.937. The largest absolute Gasteiger partial charge is 0.497 e.